The van der Waals surface area contributed by atoms with Crippen LogP contribution in [0.4, 0.5) is 0 Å². The molecule has 0 saturated heterocycles. The number of hydrogen-bond donors (Lipinski definition) is 1. The number of imidazole rings is 1. The SMILES string of the molecule is CC(C)Cc1ncc2cccc(C(=O)O)n12. The van der Waals surface area contributed by atoms with Crippen molar-refractivity contribution in [2.45, 2.75) is 20.3 Å². The number of aromatic carboxylic acids is 1. The van der Waals surface area contributed by atoms with Crippen LogP contribution in [0.1, 0.15) is 30.2 Å². The molecule has 0 unspecified atom stereocenters. The molecule has 0 aromatic carbocycles. The number of fused-ring (bicyclic) bond motifs is 1. The highest BCUT2D eigenvalue weighted by molar-refractivity contribution is 5.86. The number of pyridine rings is 1. The number of rotatable bonds is 3. The van der Waals surface area contributed by atoms with Gasteiger partial charge in [-0.1, -0.05) is 19.9 Å². The standard InChI is InChI=1S/C12H14N2O2/c1-8(2)6-11-13-7-9-4-3-5-10(12(15)16)14(9)11/h3-5,7-8H,6H2,1-2H3,(H,15,16). The van der Waals surface area contributed by atoms with Gasteiger partial charge in [-0.25, -0.2) is 9.78 Å². The van der Waals surface area contributed by atoms with E-state index in [1.807, 2.05) is 6.07 Å². The summed E-state index contributed by atoms with van der Waals surface area (Å²) >= 11 is 0. The lowest BCUT2D eigenvalue weighted by molar-refractivity contribution is 0.0688. The molecule has 2 aromatic heterocycles. The Labute approximate surface area is 93.5 Å². The third kappa shape index (κ3) is 1.78. The summed E-state index contributed by atoms with van der Waals surface area (Å²) in [7, 11) is 0. The first kappa shape index (κ1) is 10.7. The predicted octanol–water partition coefficient (Wildman–Crippen LogP) is 2.23. The highest BCUT2D eigenvalue weighted by Gasteiger charge is 2.13. The molecule has 4 nitrogen and oxygen atoms in total. The summed E-state index contributed by atoms with van der Waals surface area (Å²) in [5, 5.41) is 9.11. The van der Waals surface area contributed by atoms with Crippen LogP contribution in [-0.4, -0.2) is 20.5 Å². The lowest BCUT2D eigenvalue weighted by atomic mass is 10.1. The van der Waals surface area contributed by atoms with E-state index in [0.717, 1.165) is 17.8 Å². The summed E-state index contributed by atoms with van der Waals surface area (Å²) < 4.78 is 1.71. The molecule has 0 bridgehead atoms. The second kappa shape index (κ2) is 3.96. The van der Waals surface area contributed by atoms with Gasteiger partial charge in [0.1, 0.15) is 11.5 Å². The zero-order chi connectivity index (χ0) is 11.7. The molecule has 0 atom stereocenters. The van der Waals surface area contributed by atoms with Gasteiger partial charge in [-0.2, -0.15) is 0 Å². The Bertz CT molecular complexity index is 529. The molecule has 2 aromatic rings. The van der Waals surface area contributed by atoms with Crippen LogP contribution in [0.25, 0.3) is 5.52 Å². The first-order valence-electron chi connectivity index (χ1n) is 5.28. The maximum Gasteiger partial charge on any atom is 0.352 e. The Morgan fingerprint density at radius 3 is 2.88 bits per heavy atom. The van der Waals surface area contributed by atoms with Crippen molar-refractivity contribution in [3.63, 3.8) is 0 Å². The number of aromatic nitrogens is 2. The number of carboxylic acid groups (broad SMARTS) is 1. The molecule has 0 saturated carbocycles. The van der Waals surface area contributed by atoms with E-state index in [2.05, 4.69) is 18.8 Å². The van der Waals surface area contributed by atoms with E-state index in [0.29, 0.717) is 5.92 Å². The molecule has 0 fully saturated rings. The molecular formula is C12H14N2O2. The molecule has 0 amide bonds. The summed E-state index contributed by atoms with van der Waals surface area (Å²) in [5.74, 6) is 0.337. The van der Waals surface area contributed by atoms with Crippen molar-refractivity contribution in [3.05, 3.63) is 35.9 Å². The summed E-state index contributed by atoms with van der Waals surface area (Å²) in [6.45, 7) is 4.18. The van der Waals surface area contributed by atoms with Gasteiger partial charge in [0.05, 0.1) is 11.7 Å². The topological polar surface area (TPSA) is 54.6 Å². The van der Waals surface area contributed by atoms with E-state index in [1.54, 1.807) is 22.7 Å². The van der Waals surface area contributed by atoms with Gasteiger partial charge in [-0.15, -0.1) is 0 Å². The van der Waals surface area contributed by atoms with Gasteiger partial charge in [0.25, 0.3) is 0 Å². The lowest BCUT2D eigenvalue weighted by Crippen LogP contribution is -2.09. The van der Waals surface area contributed by atoms with Crippen molar-refractivity contribution in [1.82, 2.24) is 9.38 Å². The lowest BCUT2D eigenvalue weighted by Gasteiger charge is -2.06. The molecule has 0 spiro atoms. The molecule has 84 valence electrons. The molecule has 2 heterocycles. The highest BCUT2D eigenvalue weighted by Crippen LogP contribution is 2.14. The first-order valence-corrected chi connectivity index (χ1v) is 5.28. The maximum absolute atomic E-state index is 11.1. The van der Waals surface area contributed by atoms with E-state index >= 15 is 0 Å². The summed E-state index contributed by atoms with van der Waals surface area (Å²) in [5.41, 5.74) is 1.10. The molecule has 2 rings (SSSR count). The van der Waals surface area contributed by atoms with Crippen molar-refractivity contribution in [2.75, 3.05) is 0 Å². The van der Waals surface area contributed by atoms with Gasteiger partial charge >= 0.3 is 5.97 Å². The van der Waals surface area contributed by atoms with Crippen LogP contribution in [-0.2, 0) is 6.42 Å². The fourth-order valence-corrected chi connectivity index (χ4v) is 1.79. The van der Waals surface area contributed by atoms with Gasteiger partial charge in [0.15, 0.2) is 0 Å². The Hall–Kier alpha value is -1.84. The summed E-state index contributed by atoms with van der Waals surface area (Å²) in [6, 6.07) is 5.20. The minimum atomic E-state index is -0.923. The number of carbonyl (C=O) groups is 1. The van der Waals surface area contributed by atoms with Crippen LogP contribution >= 0.6 is 0 Å². The van der Waals surface area contributed by atoms with E-state index in [4.69, 9.17) is 5.11 Å². The summed E-state index contributed by atoms with van der Waals surface area (Å²) in [6.07, 6.45) is 2.49. The smallest absolute Gasteiger partial charge is 0.352 e. The van der Waals surface area contributed by atoms with Crippen molar-refractivity contribution in [3.8, 4) is 0 Å². The quantitative estimate of drug-likeness (QED) is 0.859. The van der Waals surface area contributed by atoms with Crippen molar-refractivity contribution >= 4 is 11.5 Å². The van der Waals surface area contributed by atoms with E-state index in [9.17, 15) is 4.79 Å². The van der Waals surface area contributed by atoms with Gasteiger partial charge < -0.3 is 5.11 Å². The third-order valence-corrected chi connectivity index (χ3v) is 2.43. The van der Waals surface area contributed by atoms with Crippen LogP contribution in [0.5, 0.6) is 0 Å². The third-order valence-electron chi connectivity index (χ3n) is 2.43. The first-order chi connectivity index (χ1) is 7.59. The van der Waals surface area contributed by atoms with Crippen molar-refractivity contribution in [1.29, 1.82) is 0 Å². The van der Waals surface area contributed by atoms with Gasteiger partial charge in [-0.05, 0) is 18.1 Å². The fraction of sp³-hybridized carbons (Fsp3) is 0.333. The molecule has 4 heteroatoms. The largest absolute Gasteiger partial charge is 0.477 e. The van der Waals surface area contributed by atoms with E-state index in [1.165, 1.54) is 0 Å². The average molecular weight is 218 g/mol. The summed E-state index contributed by atoms with van der Waals surface area (Å²) in [4.78, 5) is 15.4. The minimum absolute atomic E-state index is 0.269. The zero-order valence-electron chi connectivity index (χ0n) is 9.34. The highest BCUT2D eigenvalue weighted by atomic mass is 16.4. The second-order valence-corrected chi connectivity index (χ2v) is 4.25. The average Bonchev–Trinajstić information content (AvgIpc) is 2.60. The van der Waals surface area contributed by atoms with Gasteiger partial charge in [-0.3, -0.25) is 4.40 Å². The molecule has 0 aliphatic carbocycles. The number of nitrogens with zero attached hydrogens (tertiary/aromatic N) is 2. The molecular weight excluding hydrogens is 204 g/mol. The van der Waals surface area contributed by atoms with Crippen molar-refractivity contribution < 1.29 is 9.90 Å². The van der Waals surface area contributed by atoms with Gasteiger partial charge in [0.2, 0.25) is 0 Å². The molecule has 16 heavy (non-hydrogen) atoms. The second-order valence-electron chi connectivity index (χ2n) is 4.25. The van der Waals surface area contributed by atoms with Crippen LogP contribution in [0.15, 0.2) is 24.4 Å². The molecule has 0 aliphatic rings. The van der Waals surface area contributed by atoms with Gasteiger partial charge in [0, 0.05) is 6.42 Å². The molecule has 0 aliphatic heterocycles. The van der Waals surface area contributed by atoms with Crippen LogP contribution in [0, 0.1) is 5.92 Å². The zero-order valence-corrected chi connectivity index (χ0v) is 9.34. The maximum atomic E-state index is 11.1. The Morgan fingerprint density at radius 1 is 1.50 bits per heavy atom. The molecule has 0 radical (unpaired) electrons. The Morgan fingerprint density at radius 2 is 2.25 bits per heavy atom. The monoisotopic (exact) mass is 218 g/mol. The number of carboxylic acids is 1. The van der Waals surface area contributed by atoms with E-state index in [-0.39, 0.29) is 5.69 Å². The normalized spacial score (nSPS) is 11.2. The van der Waals surface area contributed by atoms with E-state index < -0.39 is 5.97 Å². The fourth-order valence-electron chi connectivity index (χ4n) is 1.79. The van der Waals surface area contributed by atoms with Crippen molar-refractivity contribution in [2.24, 2.45) is 5.92 Å². The Kier molecular flexibility index (Phi) is 2.64. The van der Waals surface area contributed by atoms with Crippen LogP contribution < -0.4 is 0 Å². The van der Waals surface area contributed by atoms with Crippen LogP contribution in [0.2, 0.25) is 0 Å². The molecule has 1 N–H and O–H groups in total. The van der Waals surface area contributed by atoms with Crippen LogP contribution in [0.3, 0.4) is 0 Å². The number of hydrogen-bond acceptors (Lipinski definition) is 2. The Balaban J connectivity index is 2.63. The predicted molar refractivity (Wildman–Crippen MR) is 60.7 cm³/mol. The minimum Gasteiger partial charge on any atom is -0.477 e.